The van der Waals surface area contributed by atoms with E-state index in [4.69, 9.17) is 9.47 Å². The Balaban J connectivity index is 1.39. The van der Waals surface area contributed by atoms with Crippen molar-refractivity contribution < 1.29 is 18.7 Å². The Morgan fingerprint density at radius 3 is 2.00 bits per heavy atom. The average Bonchev–Trinajstić information content (AvgIpc) is 2.82. The van der Waals surface area contributed by atoms with Crippen molar-refractivity contribution in [3.05, 3.63) is 84.2 Å². The Morgan fingerprint density at radius 1 is 0.750 bits per heavy atom. The van der Waals surface area contributed by atoms with Crippen molar-refractivity contribution in [3.63, 3.8) is 0 Å². The lowest BCUT2D eigenvalue weighted by Crippen LogP contribution is -2.09. The SMILES string of the molecule is CCCCCCCOc1ccc(CCC(=O)Oc2ccc(-c3ccc(F)cc3)cc2)cc1. The van der Waals surface area contributed by atoms with Crippen LogP contribution in [0.15, 0.2) is 72.8 Å². The quantitative estimate of drug-likeness (QED) is 0.169. The number of carbonyl (C=O) groups is 1. The summed E-state index contributed by atoms with van der Waals surface area (Å²) >= 11 is 0. The normalized spacial score (nSPS) is 10.7. The van der Waals surface area contributed by atoms with Gasteiger partial charge in [0.1, 0.15) is 17.3 Å². The van der Waals surface area contributed by atoms with Crippen molar-refractivity contribution in [2.75, 3.05) is 6.61 Å². The van der Waals surface area contributed by atoms with Crippen LogP contribution >= 0.6 is 0 Å². The maximum absolute atomic E-state index is 13.1. The lowest BCUT2D eigenvalue weighted by atomic mass is 10.1. The standard InChI is InChI=1S/C28H31FO3/c1-2-3-4-5-6-21-31-26-16-7-22(8-17-26)9-20-28(30)32-27-18-12-24(13-19-27)23-10-14-25(29)15-11-23/h7-8,10-19H,2-6,9,20-21H2,1H3. The average molecular weight is 435 g/mol. The molecule has 3 aromatic carbocycles. The number of rotatable bonds is 12. The summed E-state index contributed by atoms with van der Waals surface area (Å²) in [7, 11) is 0. The van der Waals surface area contributed by atoms with Crippen LogP contribution in [-0.2, 0) is 11.2 Å². The van der Waals surface area contributed by atoms with Crippen molar-refractivity contribution >= 4 is 5.97 Å². The lowest BCUT2D eigenvalue weighted by Gasteiger charge is -2.08. The molecule has 3 rings (SSSR count). The first kappa shape index (κ1) is 23.5. The van der Waals surface area contributed by atoms with E-state index >= 15 is 0 Å². The van der Waals surface area contributed by atoms with Gasteiger partial charge in [-0.05, 0) is 65.9 Å². The van der Waals surface area contributed by atoms with Gasteiger partial charge in [-0.1, -0.05) is 69.0 Å². The molecule has 0 aliphatic heterocycles. The number of hydrogen-bond acceptors (Lipinski definition) is 3. The van der Waals surface area contributed by atoms with E-state index in [9.17, 15) is 9.18 Å². The Morgan fingerprint density at radius 2 is 1.34 bits per heavy atom. The van der Waals surface area contributed by atoms with Crippen molar-refractivity contribution in [1.82, 2.24) is 0 Å². The minimum atomic E-state index is -0.271. The van der Waals surface area contributed by atoms with Gasteiger partial charge in [0.25, 0.3) is 0 Å². The molecule has 0 fully saturated rings. The molecule has 4 heteroatoms. The lowest BCUT2D eigenvalue weighted by molar-refractivity contribution is -0.134. The first-order valence-corrected chi connectivity index (χ1v) is 11.4. The zero-order chi connectivity index (χ0) is 22.6. The second-order valence-corrected chi connectivity index (χ2v) is 7.91. The highest BCUT2D eigenvalue weighted by Gasteiger charge is 2.07. The summed E-state index contributed by atoms with van der Waals surface area (Å²) in [4.78, 5) is 12.2. The van der Waals surface area contributed by atoms with Crippen LogP contribution < -0.4 is 9.47 Å². The number of halogens is 1. The fraction of sp³-hybridized carbons (Fsp3) is 0.321. The second kappa shape index (κ2) is 12.7. The van der Waals surface area contributed by atoms with Gasteiger partial charge in [0.15, 0.2) is 0 Å². The summed E-state index contributed by atoms with van der Waals surface area (Å²) < 4.78 is 24.3. The van der Waals surface area contributed by atoms with Crippen molar-refractivity contribution in [1.29, 1.82) is 0 Å². The van der Waals surface area contributed by atoms with E-state index in [0.29, 0.717) is 18.6 Å². The van der Waals surface area contributed by atoms with E-state index in [1.54, 1.807) is 24.3 Å². The summed E-state index contributed by atoms with van der Waals surface area (Å²) in [5, 5.41) is 0. The third kappa shape index (κ3) is 7.84. The van der Waals surface area contributed by atoms with E-state index < -0.39 is 0 Å². The van der Waals surface area contributed by atoms with Gasteiger partial charge in [-0.3, -0.25) is 4.79 Å². The molecular formula is C28H31FO3. The zero-order valence-corrected chi connectivity index (χ0v) is 18.7. The Bertz CT molecular complexity index is 947. The third-order valence-corrected chi connectivity index (χ3v) is 5.32. The van der Waals surface area contributed by atoms with Crippen LogP contribution in [0.1, 0.15) is 51.0 Å². The van der Waals surface area contributed by atoms with Gasteiger partial charge in [0.2, 0.25) is 0 Å². The number of unbranched alkanes of at least 4 members (excludes halogenated alkanes) is 4. The van der Waals surface area contributed by atoms with Gasteiger partial charge >= 0.3 is 5.97 Å². The summed E-state index contributed by atoms with van der Waals surface area (Å²) in [5.41, 5.74) is 2.92. The zero-order valence-electron chi connectivity index (χ0n) is 18.7. The minimum Gasteiger partial charge on any atom is -0.494 e. The number of benzene rings is 3. The Hall–Kier alpha value is -3.14. The Kier molecular flexibility index (Phi) is 9.30. The molecule has 168 valence electrons. The van der Waals surface area contributed by atoms with Gasteiger partial charge in [0.05, 0.1) is 6.61 Å². The van der Waals surface area contributed by atoms with Gasteiger partial charge in [0, 0.05) is 6.42 Å². The Labute approximate surface area is 190 Å². The number of ether oxygens (including phenoxy) is 2. The van der Waals surface area contributed by atoms with E-state index in [1.165, 1.54) is 37.8 Å². The highest BCUT2D eigenvalue weighted by molar-refractivity contribution is 5.73. The van der Waals surface area contributed by atoms with Gasteiger partial charge in [-0.2, -0.15) is 0 Å². The van der Waals surface area contributed by atoms with Crippen LogP contribution in [0.25, 0.3) is 11.1 Å². The van der Waals surface area contributed by atoms with Crippen molar-refractivity contribution in [2.24, 2.45) is 0 Å². The monoisotopic (exact) mass is 434 g/mol. The molecule has 0 aliphatic carbocycles. The van der Waals surface area contributed by atoms with Crippen LogP contribution in [-0.4, -0.2) is 12.6 Å². The van der Waals surface area contributed by atoms with Gasteiger partial charge < -0.3 is 9.47 Å². The smallest absolute Gasteiger partial charge is 0.311 e. The molecule has 32 heavy (non-hydrogen) atoms. The summed E-state index contributed by atoms with van der Waals surface area (Å²) in [6.45, 7) is 2.96. The number of aryl methyl sites for hydroxylation is 1. The fourth-order valence-corrected chi connectivity index (χ4v) is 3.43. The van der Waals surface area contributed by atoms with Crippen molar-refractivity contribution in [2.45, 2.75) is 51.9 Å². The molecule has 0 saturated heterocycles. The van der Waals surface area contributed by atoms with E-state index in [1.807, 2.05) is 36.4 Å². The van der Waals surface area contributed by atoms with Crippen LogP contribution in [0.2, 0.25) is 0 Å². The molecule has 0 radical (unpaired) electrons. The maximum Gasteiger partial charge on any atom is 0.311 e. The highest BCUT2D eigenvalue weighted by atomic mass is 19.1. The molecule has 0 atom stereocenters. The molecule has 0 amide bonds. The first-order chi connectivity index (χ1) is 15.6. The molecule has 3 aromatic rings. The predicted octanol–water partition coefficient (Wildman–Crippen LogP) is 7.38. The van der Waals surface area contributed by atoms with E-state index in [0.717, 1.165) is 35.5 Å². The third-order valence-electron chi connectivity index (χ3n) is 5.32. The molecule has 0 bridgehead atoms. The van der Waals surface area contributed by atoms with Crippen LogP contribution in [0.3, 0.4) is 0 Å². The number of hydrogen-bond donors (Lipinski definition) is 0. The molecule has 3 nitrogen and oxygen atoms in total. The molecule has 0 aromatic heterocycles. The van der Waals surface area contributed by atoms with Crippen molar-refractivity contribution in [3.8, 4) is 22.6 Å². The summed E-state index contributed by atoms with van der Waals surface area (Å²) in [6.07, 6.45) is 7.02. The van der Waals surface area contributed by atoms with Gasteiger partial charge in [-0.25, -0.2) is 4.39 Å². The molecule has 0 N–H and O–H groups in total. The highest BCUT2D eigenvalue weighted by Crippen LogP contribution is 2.23. The van der Waals surface area contributed by atoms with Gasteiger partial charge in [-0.15, -0.1) is 0 Å². The summed E-state index contributed by atoms with van der Waals surface area (Å²) in [6, 6.07) is 21.4. The molecule has 0 unspecified atom stereocenters. The molecule has 0 saturated carbocycles. The van der Waals surface area contributed by atoms with Crippen LogP contribution in [0.5, 0.6) is 11.5 Å². The summed E-state index contributed by atoms with van der Waals surface area (Å²) in [5.74, 6) is 0.836. The van der Waals surface area contributed by atoms with Crippen LogP contribution in [0, 0.1) is 5.82 Å². The van der Waals surface area contributed by atoms with E-state index in [2.05, 4.69) is 6.92 Å². The molecule has 0 aliphatic rings. The molecule has 0 heterocycles. The minimum absolute atomic E-state index is 0.265. The van der Waals surface area contributed by atoms with E-state index in [-0.39, 0.29) is 11.8 Å². The molecular weight excluding hydrogens is 403 g/mol. The molecule has 0 spiro atoms. The second-order valence-electron chi connectivity index (χ2n) is 7.91. The first-order valence-electron chi connectivity index (χ1n) is 11.4. The van der Waals surface area contributed by atoms with Crippen LogP contribution in [0.4, 0.5) is 4.39 Å². The maximum atomic E-state index is 13.1. The fourth-order valence-electron chi connectivity index (χ4n) is 3.43. The predicted molar refractivity (Wildman–Crippen MR) is 126 cm³/mol. The largest absolute Gasteiger partial charge is 0.494 e. The number of esters is 1. The topological polar surface area (TPSA) is 35.5 Å². The number of carbonyl (C=O) groups excluding carboxylic acids is 1.